The van der Waals surface area contributed by atoms with E-state index in [0.717, 1.165) is 0 Å². The van der Waals surface area contributed by atoms with Gasteiger partial charge < -0.3 is 9.97 Å². The fourth-order valence-electron chi connectivity index (χ4n) is 5.59. The Hall–Kier alpha value is -4.30. The third-order valence-corrected chi connectivity index (χ3v) is 7.05. The molecule has 148 valence electrons. The minimum atomic E-state index is 1.19. The van der Waals surface area contributed by atoms with Gasteiger partial charge in [0.1, 0.15) is 0 Å². The third kappa shape index (κ3) is 2.04. The third-order valence-electron chi connectivity index (χ3n) is 7.05. The Bertz CT molecular complexity index is 1890. The van der Waals surface area contributed by atoms with E-state index in [1.807, 2.05) is 0 Å². The van der Waals surface area contributed by atoms with Crippen LogP contribution in [0.3, 0.4) is 0 Å². The Kier molecular flexibility index (Phi) is 2.91. The zero-order valence-corrected chi connectivity index (χ0v) is 17.2. The molecule has 0 aliphatic rings. The summed E-state index contributed by atoms with van der Waals surface area (Å²) in [5.41, 5.74) is 4.76. The van der Waals surface area contributed by atoms with Crippen LogP contribution < -0.4 is 0 Å². The lowest BCUT2D eigenvalue weighted by Gasteiger charge is -2.04. The first-order valence-electron chi connectivity index (χ1n) is 11.0. The Morgan fingerprint density at radius 2 is 0.750 bits per heavy atom. The van der Waals surface area contributed by atoms with Crippen LogP contribution in [0.4, 0.5) is 0 Å². The van der Waals surface area contributed by atoms with Crippen LogP contribution in [0.5, 0.6) is 0 Å². The molecule has 8 rings (SSSR count). The Balaban J connectivity index is 1.57. The Morgan fingerprint density at radius 3 is 1.19 bits per heavy atom. The molecule has 0 aliphatic carbocycles. The predicted molar refractivity (Wildman–Crippen MR) is 138 cm³/mol. The minimum absolute atomic E-state index is 1.19. The molecule has 0 spiro atoms. The number of hydrogen-bond acceptors (Lipinski definition) is 0. The number of aromatic amines is 2. The molecule has 0 unspecified atom stereocenters. The standard InChI is InChI=1S/C30H18N2/c1-3-7-19-15-27-23(13-17(19)5-1)29-21-9-12-26-30(22(21)10-11-25(29)31-27)24-14-18-6-2-4-8-20(18)16-28(24)32-26/h1-16,31-32H. The van der Waals surface area contributed by atoms with Crippen molar-refractivity contribution >= 4 is 75.9 Å². The maximum atomic E-state index is 3.66. The highest BCUT2D eigenvalue weighted by Crippen LogP contribution is 2.40. The average Bonchev–Trinajstić information content (AvgIpc) is 3.38. The van der Waals surface area contributed by atoms with Crippen LogP contribution in [0.1, 0.15) is 0 Å². The van der Waals surface area contributed by atoms with Gasteiger partial charge in [0.05, 0.1) is 0 Å². The van der Waals surface area contributed by atoms with Gasteiger partial charge in [-0.25, -0.2) is 0 Å². The highest BCUT2D eigenvalue weighted by molar-refractivity contribution is 6.29. The molecule has 0 saturated carbocycles. The largest absolute Gasteiger partial charge is 0.354 e. The summed E-state index contributed by atoms with van der Waals surface area (Å²) in [6.45, 7) is 0. The highest BCUT2D eigenvalue weighted by atomic mass is 14.7. The summed E-state index contributed by atoms with van der Waals surface area (Å²) in [5.74, 6) is 0. The molecule has 2 nitrogen and oxygen atoms in total. The second-order valence-corrected chi connectivity index (χ2v) is 8.81. The van der Waals surface area contributed by atoms with Gasteiger partial charge in [0.2, 0.25) is 0 Å². The summed E-state index contributed by atoms with van der Waals surface area (Å²) in [6, 6.07) is 35.4. The second kappa shape index (κ2) is 5.68. The lowest BCUT2D eigenvalue weighted by Crippen LogP contribution is -1.78. The molecule has 2 N–H and O–H groups in total. The van der Waals surface area contributed by atoms with Crippen molar-refractivity contribution in [2.45, 2.75) is 0 Å². The van der Waals surface area contributed by atoms with Crippen LogP contribution in [0.2, 0.25) is 0 Å². The van der Waals surface area contributed by atoms with Gasteiger partial charge in [0.15, 0.2) is 0 Å². The molecule has 6 aromatic carbocycles. The lowest BCUT2D eigenvalue weighted by atomic mass is 9.98. The summed E-state index contributed by atoms with van der Waals surface area (Å²) >= 11 is 0. The first kappa shape index (κ1) is 16.4. The maximum absolute atomic E-state index is 3.66. The van der Waals surface area contributed by atoms with Gasteiger partial charge >= 0.3 is 0 Å². The summed E-state index contributed by atoms with van der Waals surface area (Å²) < 4.78 is 0. The molecule has 8 aromatic rings. The Morgan fingerprint density at radius 1 is 0.344 bits per heavy atom. The fraction of sp³-hybridized carbons (Fsp3) is 0. The summed E-state index contributed by atoms with van der Waals surface area (Å²) in [5, 5.41) is 12.9. The predicted octanol–water partition coefficient (Wildman–Crippen LogP) is 8.42. The van der Waals surface area contributed by atoms with Crippen LogP contribution in [0, 0.1) is 0 Å². The van der Waals surface area contributed by atoms with Crippen LogP contribution in [0.15, 0.2) is 97.1 Å². The van der Waals surface area contributed by atoms with Gasteiger partial charge in [0.25, 0.3) is 0 Å². The van der Waals surface area contributed by atoms with E-state index >= 15 is 0 Å². The fourth-order valence-corrected chi connectivity index (χ4v) is 5.59. The molecule has 0 atom stereocenters. The molecule has 0 bridgehead atoms. The van der Waals surface area contributed by atoms with Gasteiger partial charge in [-0.3, -0.25) is 0 Å². The van der Waals surface area contributed by atoms with E-state index in [4.69, 9.17) is 0 Å². The van der Waals surface area contributed by atoms with Crippen molar-refractivity contribution in [2.75, 3.05) is 0 Å². The molecular formula is C30H18N2. The number of fused-ring (bicyclic) bond motifs is 11. The first-order valence-corrected chi connectivity index (χ1v) is 11.0. The van der Waals surface area contributed by atoms with Crippen LogP contribution >= 0.6 is 0 Å². The van der Waals surface area contributed by atoms with E-state index in [2.05, 4.69) is 107 Å². The summed E-state index contributed by atoms with van der Waals surface area (Å²) in [7, 11) is 0. The first-order chi connectivity index (χ1) is 15.8. The summed E-state index contributed by atoms with van der Waals surface area (Å²) in [6.07, 6.45) is 0. The van der Waals surface area contributed by atoms with Gasteiger partial charge in [0, 0.05) is 43.6 Å². The van der Waals surface area contributed by atoms with Crippen molar-refractivity contribution in [3.05, 3.63) is 97.1 Å². The van der Waals surface area contributed by atoms with Crippen molar-refractivity contribution in [1.82, 2.24) is 9.97 Å². The Labute approximate surface area is 183 Å². The number of aromatic nitrogens is 2. The second-order valence-electron chi connectivity index (χ2n) is 8.81. The molecule has 0 fully saturated rings. The molecule has 0 aliphatic heterocycles. The topological polar surface area (TPSA) is 31.6 Å². The summed E-state index contributed by atoms with van der Waals surface area (Å²) in [4.78, 5) is 7.32. The minimum Gasteiger partial charge on any atom is -0.354 e. The normalized spacial score (nSPS) is 12.4. The van der Waals surface area contributed by atoms with Crippen LogP contribution in [0.25, 0.3) is 75.9 Å². The van der Waals surface area contributed by atoms with Gasteiger partial charge in [-0.15, -0.1) is 0 Å². The van der Waals surface area contributed by atoms with E-state index in [1.165, 1.54) is 75.9 Å². The molecule has 0 amide bonds. The van der Waals surface area contributed by atoms with E-state index < -0.39 is 0 Å². The van der Waals surface area contributed by atoms with E-state index in [9.17, 15) is 0 Å². The van der Waals surface area contributed by atoms with Crippen molar-refractivity contribution in [3.8, 4) is 0 Å². The number of benzene rings is 6. The molecule has 0 radical (unpaired) electrons. The van der Waals surface area contributed by atoms with E-state index in [1.54, 1.807) is 0 Å². The quantitative estimate of drug-likeness (QED) is 0.253. The molecule has 2 heteroatoms. The van der Waals surface area contributed by atoms with Crippen molar-refractivity contribution in [2.24, 2.45) is 0 Å². The monoisotopic (exact) mass is 406 g/mol. The van der Waals surface area contributed by atoms with E-state index in [-0.39, 0.29) is 0 Å². The smallest absolute Gasteiger partial charge is 0.0471 e. The zero-order valence-electron chi connectivity index (χ0n) is 17.2. The average molecular weight is 406 g/mol. The molecule has 2 heterocycles. The SMILES string of the molecule is c1ccc2cc3c(cc2c1)[nH]c1ccc2c(ccc4[nH]c5cc6ccccc6cc5c42)c13. The van der Waals surface area contributed by atoms with Crippen LogP contribution in [-0.4, -0.2) is 9.97 Å². The van der Waals surface area contributed by atoms with Gasteiger partial charge in [-0.2, -0.15) is 0 Å². The zero-order chi connectivity index (χ0) is 20.8. The number of rotatable bonds is 0. The molecular weight excluding hydrogens is 388 g/mol. The van der Waals surface area contributed by atoms with Gasteiger partial charge in [-0.05, 0) is 68.7 Å². The molecule has 32 heavy (non-hydrogen) atoms. The lowest BCUT2D eigenvalue weighted by molar-refractivity contribution is 1.55. The van der Waals surface area contributed by atoms with Crippen molar-refractivity contribution in [3.63, 3.8) is 0 Å². The molecule has 0 saturated heterocycles. The van der Waals surface area contributed by atoms with Crippen molar-refractivity contribution < 1.29 is 0 Å². The number of hydrogen-bond donors (Lipinski definition) is 2. The maximum Gasteiger partial charge on any atom is 0.0471 e. The van der Waals surface area contributed by atoms with Crippen molar-refractivity contribution in [1.29, 1.82) is 0 Å². The van der Waals surface area contributed by atoms with Gasteiger partial charge in [-0.1, -0.05) is 60.7 Å². The molecule has 2 aromatic heterocycles. The van der Waals surface area contributed by atoms with E-state index in [0.29, 0.717) is 0 Å². The highest BCUT2D eigenvalue weighted by Gasteiger charge is 2.14. The van der Waals surface area contributed by atoms with Crippen LogP contribution in [-0.2, 0) is 0 Å². The number of nitrogens with one attached hydrogen (secondary N) is 2. The number of H-pyrrole nitrogens is 2.